The molecule has 2 N–H and O–H groups in total. The van der Waals surface area contributed by atoms with E-state index < -0.39 is 18.2 Å². The van der Waals surface area contributed by atoms with Crippen LogP contribution >= 0.6 is 12.4 Å². The highest BCUT2D eigenvalue weighted by molar-refractivity contribution is 5.85. The summed E-state index contributed by atoms with van der Waals surface area (Å²) in [6, 6.07) is -0.760. The lowest BCUT2D eigenvalue weighted by Gasteiger charge is -2.13. The predicted molar refractivity (Wildman–Crippen MR) is 62.4 cm³/mol. The van der Waals surface area contributed by atoms with Crippen LogP contribution in [0.2, 0.25) is 0 Å². The van der Waals surface area contributed by atoms with Gasteiger partial charge < -0.3 is 15.2 Å². The van der Waals surface area contributed by atoms with Crippen molar-refractivity contribution in [1.29, 1.82) is 0 Å². The molecule has 96 valence electrons. The van der Waals surface area contributed by atoms with Crippen LogP contribution in [0.4, 0.5) is 4.79 Å². The van der Waals surface area contributed by atoms with Crippen LogP contribution in [-0.4, -0.2) is 24.8 Å². The maximum Gasteiger partial charge on any atom is 0.516 e. The van der Waals surface area contributed by atoms with Crippen LogP contribution in [0.1, 0.15) is 33.6 Å². The molecule has 0 fully saturated rings. The zero-order valence-corrected chi connectivity index (χ0v) is 10.7. The van der Waals surface area contributed by atoms with E-state index in [0.29, 0.717) is 12.3 Å². The van der Waals surface area contributed by atoms with Gasteiger partial charge in [-0.05, 0) is 19.3 Å². The molecule has 0 spiro atoms. The Morgan fingerprint density at radius 2 is 1.88 bits per heavy atom. The number of esters is 1. The summed E-state index contributed by atoms with van der Waals surface area (Å²) in [4.78, 5) is 22.0. The zero-order chi connectivity index (χ0) is 11.8. The van der Waals surface area contributed by atoms with Gasteiger partial charge in [0.05, 0.1) is 6.61 Å². The summed E-state index contributed by atoms with van der Waals surface area (Å²) in [6.45, 7) is 5.79. The number of ether oxygens (including phenoxy) is 2. The first kappa shape index (κ1) is 17.6. The molecule has 2 unspecified atom stereocenters. The van der Waals surface area contributed by atoms with Crippen LogP contribution in [0, 0.1) is 5.92 Å². The molecule has 0 heterocycles. The van der Waals surface area contributed by atoms with Crippen molar-refractivity contribution in [2.45, 2.75) is 39.7 Å². The van der Waals surface area contributed by atoms with Gasteiger partial charge in [-0.15, -0.1) is 12.4 Å². The Bertz CT molecular complexity index is 223. The minimum Gasteiger partial charge on any atom is -0.434 e. The highest BCUT2D eigenvalue weighted by Gasteiger charge is 2.20. The first-order valence-electron chi connectivity index (χ1n) is 5.15. The SMILES string of the molecule is CCOC(=O)OC(=O)C(N)CC(C)CC.Cl. The van der Waals surface area contributed by atoms with Crippen LogP contribution in [0.15, 0.2) is 0 Å². The van der Waals surface area contributed by atoms with Gasteiger partial charge in [-0.3, -0.25) is 0 Å². The van der Waals surface area contributed by atoms with E-state index in [9.17, 15) is 9.59 Å². The smallest absolute Gasteiger partial charge is 0.434 e. The van der Waals surface area contributed by atoms with Gasteiger partial charge in [0.1, 0.15) is 6.04 Å². The fourth-order valence-electron chi connectivity index (χ4n) is 1.00. The van der Waals surface area contributed by atoms with Gasteiger partial charge in [0.2, 0.25) is 0 Å². The number of nitrogens with two attached hydrogens (primary N) is 1. The van der Waals surface area contributed by atoms with Gasteiger partial charge in [0.25, 0.3) is 0 Å². The van der Waals surface area contributed by atoms with Crippen molar-refractivity contribution in [2.24, 2.45) is 11.7 Å². The Kier molecular flexibility index (Phi) is 10.3. The molecule has 0 bridgehead atoms. The minimum atomic E-state index is -0.984. The van der Waals surface area contributed by atoms with Crippen LogP contribution < -0.4 is 5.73 Å². The second-order valence-electron chi connectivity index (χ2n) is 3.46. The van der Waals surface area contributed by atoms with E-state index in [2.05, 4.69) is 9.47 Å². The number of rotatable bonds is 5. The summed E-state index contributed by atoms with van der Waals surface area (Å²) >= 11 is 0. The third-order valence-corrected chi connectivity index (χ3v) is 2.10. The highest BCUT2D eigenvalue weighted by atomic mass is 35.5. The molecular weight excluding hydrogens is 234 g/mol. The molecule has 0 aliphatic rings. The van der Waals surface area contributed by atoms with Crippen molar-refractivity contribution >= 4 is 24.5 Å². The van der Waals surface area contributed by atoms with Gasteiger partial charge in [0, 0.05) is 0 Å². The van der Waals surface area contributed by atoms with Crippen LogP contribution in [-0.2, 0) is 14.3 Å². The molecule has 0 amide bonds. The van der Waals surface area contributed by atoms with Crippen LogP contribution in [0.3, 0.4) is 0 Å². The van der Waals surface area contributed by atoms with E-state index in [4.69, 9.17) is 5.73 Å². The maximum atomic E-state index is 11.2. The Labute approximate surface area is 102 Å². The predicted octanol–water partition coefficient (Wildman–Crippen LogP) is 1.87. The topological polar surface area (TPSA) is 78.6 Å². The standard InChI is InChI=1S/C10H19NO4.ClH/c1-4-7(3)6-8(11)9(12)15-10(13)14-5-2;/h7-8H,4-6,11H2,1-3H3;1H. The normalized spacial score (nSPS) is 13.2. The quantitative estimate of drug-likeness (QED) is 0.598. The fraction of sp³-hybridized carbons (Fsp3) is 0.800. The number of carbonyl (C=O) groups is 2. The first-order valence-corrected chi connectivity index (χ1v) is 5.15. The van der Waals surface area contributed by atoms with Gasteiger partial charge in [0.15, 0.2) is 0 Å². The molecule has 0 saturated heterocycles. The molecule has 5 nitrogen and oxygen atoms in total. The molecular formula is C10H20ClNO4. The van der Waals surface area contributed by atoms with Crippen molar-refractivity contribution in [3.8, 4) is 0 Å². The molecule has 0 aliphatic heterocycles. The van der Waals surface area contributed by atoms with Crippen LogP contribution in [0.25, 0.3) is 0 Å². The summed E-state index contributed by atoms with van der Waals surface area (Å²) in [5.41, 5.74) is 5.56. The van der Waals surface area contributed by atoms with E-state index in [1.807, 2.05) is 13.8 Å². The Hall–Kier alpha value is -0.810. The molecule has 0 radical (unpaired) electrons. The van der Waals surface area contributed by atoms with Crippen molar-refractivity contribution in [3.05, 3.63) is 0 Å². The largest absolute Gasteiger partial charge is 0.516 e. The molecule has 16 heavy (non-hydrogen) atoms. The van der Waals surface area contributed by atoms with E-state index >= 15 is 0 Å². The molecule has 0 aromatic carbocycles. The molecule has 0 aromatic rings. The summed E-state index contributed by atoms with van der Waals surface area (Å²) in [6.07, 6.45) is 0.455. The van der Waals surface area contributed by atoms with Crippen LogP contribution in [0.5, 0.6) is 0 Å². The molecule has 6 heteroatoms. The monoisotopic (exact) mass is 253 g/mol. The third kappa shape index (κ3) is 7.48. The summed E-state index contributed by atoms with van der Waals surface area (Å²) in [5, 5.41) is 0. The first-order chi connectivity index (χ1) is 7.01. The summed E-state index contributed by atoms with van der Waals surface area (Å²) < 4.78 is 8.83. The van der Waals surface area contributed by atoms with Crippen molar-refractivity contribution in [2.75, 3.05) is 6.61 Å². The molecule has 0 aromatic heterocycles. The second-order valence-corrected chi connectivity index (χ2v) is 3.46. The molecule has 0 aliphatic carbocycles. The van der Waals surface area contributed by atoms with Crippen molar-refractivity contribution in [3.63, 3.8) is 0 Å². The maximum absolute atomic E-state index is 11.2. The number of halogens is 1. The Morgan fingerprint density at radius 1 is 1.31 bits per heavy atom. The minimum absolute atomic E-state index is 0. The van der Waals surface area contributed by atoms with Crippen molar-refractivity contribution < 1.29 is 19.1 Å². The fourth-order valence-corrected chi connectivity index (χ4v) is 1.00. The van der Waals surface area contributed by atoms with Gasteiger partial charge >= 0.3 is 12.1 Å². The number of hydrogen-bond donors (Lipinski definition) is 1. The van der Waals surface area contributed by atoms with E-state index in [0.717, 1.165) is 6.42 Å². The molecule has 0 rings (SSSR count). The zero-order valence-electron chi connectivity index (χ0n) is 9.89. The Morgan fingerprint density at radius 3 is 2.31 bits per heavy atom. The van der Waals surface area contributed by atoms with E-state index in [1.54, 1.807) is 6.92 Å². The van der Waals surface area contributed by atoms with Gasteiger partial charge in [-0.25, -0.2) is 9.59 Å². The summed E-state index contributed by atoms with van der Waals surface area (Å²) in [5.74, 6) is -0.400. The Balaban J connectivity index is 0. The van der Waals surface area contributed by atoms with Crippen molar-refractivity contribution in [1.82, 2.24) is 0 Å². The van der Waals surface area contributed by atoms with Gasteiger partial charge in [-0.2, -0.15) is 0 Å². The summed E-state index contributed by atoms with van der Waals surface area (Å²) in [7, 11) is 0. The van der Waals surface area contributed by atoms with Gasteiger partial charge in [-0.1, -0.05) is 20.3 Å². The lowest BCUT2D eigenvalue weighted by Crippen LogP contribution is -2.35. The highest BCUT2D eigenvalue weighted by Crippen LogP contribution is 2.09. The van der Waals surface area contributed by atoms with E-state index in [-0.39, 0.29) is 19.0 Å². The average Bonchev–Trinajstić information content (AvgIpc) is 2.17. The molecule has 2 atom stereocenters. The second kappa shape index (κ2) is 9.42. The lowest BCUT2D eigenvalue weighted by molar-refractivity contribution is -0.141. The number of carbonyl (C=O) groups excluding carboxylic acids is 2. The number of hydrogen-bond acceptors (Lipinski definition) is 5. The van der Waals surface area contributed by atoms with E-state index in [1.165, 1.54) is 0 Å². The molecule has 0 saturated carbocycles. The lowest BCUT2D eigenvalue weighted by atomic mass is 10.0. The third-order valence-electron chi connectivity index (χ3n) is 2.10. The average molecular weight is 254 g/mol.